The van der Waals surface area contributed by atoms with Crippen LogP contribution in [-0.2, 0) is 0 Å². The van der Waals surface area contributed by atoms with Gasteiger partial charge in [-0.2, -0.15) is 5.26 Å². The van der Waals surface area contributed by atoms with Crippen LogP contribution in [0.1, 0.15) is 12.0 Å². The topological polar surface area (TPSA) is 45.5 Å². The van der Waals surface area contributed by atoms with Crippen molar-refractivity contribution in [2.24, 2.45) is 5.92 Å². The van der Waals surface area contributed by atoms with E-state index in [1.165, 1.54) is 6.42 Å². The molecule has 0 aromatic heterocycles. The first-order valence-electron chi connectivity index (χ1n) is 6.12. The van der Waals surface area contributed by atoms with Gasteiger partial charge in [0.15, 0.2) is 11.5 Å². The predicted molar refractivity (Wildman–Crippen MR) is 68.8 cm³/mol. The molecule has 0 amide bonds. The quantitative estimate of drug-likeness (QED) is 0.814. The average molecular weight is 246 g/mol. The number of benzene rings is 1. The highest BCUT2D eigenvalue weighted by Gasteiger charge is 2.20. The van der Waals surface area contributed by atoms with Crippen LogP contribution in [0.25, 0.3) is 0 Å². The molecule has 1 aromatic carbocycles. The van der Waals surface area contributed by atoms with Crippen LogP contribution in [-0.4, -0.2) is 38.8 Å². The minimum absolute atomic E-state index is 0.579. The van der Waals surface area contributed by atoms with Gasteiger partial charge in [0.25, 0.3) is 0 Å². The minimum atomic E-state index is 0.579. The first-order valence-corrected chi connectivity index (χ1v) is 6.12. The lowest BCUT2D eigenvalue weighted by Gasteiger charge is -2.14. The summed E-state index contributed by atoms with van der Waals surface area (Å²) in [5.41, 5.74) is 0.583. The molecule has 1 saturated heterocycles. The Balaban J connectivity index is 1.98. The molecule has 1 unspecified atom stereocenters. The Morgan fingerprint density at radius 3 is 2.89 bits per heavy atom. The summed E-state index contributed by atoms with van der Waals surface area (Å²) >= 11 is 0. The lowest BCUT2D eigenvalue weighted by atomic mass is 10.1. The maximum absolute atomic E-state index is 8.83. The summed E-state index contributed by atoms with van der Waals surface area (Å²) < 4.78 is 11.0. The molecule has 0 spiro atoms. The van der Waals surface area contributed by atoms with Crippen molar-refractivity contribution in [1.29, 1.82) is 5.26 Å². The maximum Gasteiger partial charge on any atom is 0.162 e. The van der Waals surface area contributed by atoms with Crippen molar-refractivity contribution in [3.63, 3.8) is 0 Å². The molecule has 18 heavy (non-hydrogen) atoms. The van der Waals surface area contributed by atoms with Gasteiger partial charge in [0.05, 0.1) is 25.3 Å². The van der Waals surface area contributed by atoms with E-state index in [2.05, 4.69) is 18.0 Å². The Morgan fingerprint density at radius 2 is 2.28 bits per heavy atom. The number of rotatable bonds is 4. The highest BCUT2D eigenvalue weighted by atomic mass is 16.5. The summed E-state index contributed by atoms with van der Waals surface area (Å²) in [5, 5.41) is 8.83. The molecule has 96 valence electrons. The fourth-order valence-corrected chi connectivity index (χ4v) is 2.23. The zero-order valence-corrected chi connectivity index (χ0v) is 10.8. The Hall–Kier alpha value is -1.73. The molecule has 0 bridgehead atoms. The van der Waals surface area contributed by atoms with Crippen LogP contribution in [0.3, 0.4) is 0 Å². The van der Waals surface area contributed by atoms with Crippen molar-refractivity contribution in [3.05, 3.63) is 23.8 Å². The zero-order chi connectivity index (χ0) is 13.0. The third-order valence-electron chi connectivity index (χ3n) is 3.26. The fraction of sp³-hybridized carbons (Fsp3) is 0.500. The van der Waals surface area contributed by atoms with Gasteiger partial charge in [-0.15, -0.1) is 0 Å². The van der Waals surface area contributed by atoms with Crippen LogP contribution in [0, 0.1) is 17.2 Å². The van der Waals surface area contributed by atoms with Crippen LogP contribution in [0.2, 0.25) is 0 Å². The summed E-state index contributed by atoms with van der Waals surface area (Å²) in [4.78, 5) is 2.31. The second-order valence-electron chi connectivity index (χ2n) is 4.71. The molecule has 1 aliphatic heterocycles. The first-order chi connectivity index (χ1) is 8.72. The molecule has 1 heterocycles. The monoisotopic (exact) mass is 246 g/mol. The second-order valence-corrected chi connectivity index (χ2v) is 4.71. The average Bonchev–Trinajstić information content (AvgIpc) is 2.82. The normalized spacial score (nSPS) is 19.5. The SMILES string of the molecule is COc1cc(C#N)ccc1OCC1CCN(C)C1. The third-order valence-corrected chi connectivity index (χ3v) is 3.26. The van der Waals surface area contributed by atoms with E-state index >= 15 is 0 Å². The van der Waals surface area contributed by atoms with Crippen molar-refractivity contribution >= 4 is 0 Å². The predicted octanol–water partition coefficient (Wildman–Crippen LogP) is 1.90. The van der Waals surface area contributed by atoms with Crippen LogP contribution < -0.4 is 9.47 Å². The number of likely N-dealkylation sites (tertiary alicyclic amines) is 1. The molecular formula is C14H18N2O2. The Labute approximate surface area is 108 Å². The van der Waals surface area contributed by atoms with Gasteiger partial charge in [-0.05, 0) is 32.1 Å². The molecular weight excluding hydrogens is 228 g/mol. The Bertz CT molecular complexity index is 454. The number of hydrogen-bond acceptors (Lipinski definition) is 4. The van der Waals surface area contributed by atoms with Gasteiger partial charge in [-0.1, -0.05) is 0 Å². The van der Waals surface area contributed by atoms with E-state index in [-0.39, 0.29) is 0 Å². The van der Waals surface area contributed by atoms with Gasteiger partial charge < -0.3 is 14.4 Å². The van der Waals surface area contributed by atoms with Gasteiger partial charge in [-0.3, -0.25) is 0 Å². The molecule has 1 aliphatic rings. The summed E-state index contributed by atoms with van der Waals surface area (Å²) in [5.74, 6) is 1.92. The molecule has 2 rings (SSSR count). The number of nitriles is 1. The van der Waals surface area contributed by atoms with Crippen LogP contribution in [0.15, 0.2) is 18.2 Å². The van der Waals surface area contributed by atoms with Crippen LogP contribution in [0.4, 0.5) is 0 Å². The molecule has 4 nitrogen and oxygen atoms in total. The lowest BCUT2D eigenvalue weighted by Crippen LogP contribution is -2.18. The van der Waals surface area contributed by atoms with E-state index in [4.69, 9.17) is 14.7 Å². The van der Waals surface area contributed by atoms with Crippen LogP contribution in [0.5, 0.6) is 11.5 Å². The first kappa shape index (κ1) is 12.7. The minimum Gasteiger partial charge on any atom is -0.493 e. The molecule has 0 N–H and O–H groups in total. The number of nitrogens with zero attached hydrogens (tertiary/aromatic N) is 2. The van der Waals surface area contributed by atoms with E-state index in [0.717, 1.165) is 13.1 Å². The van der Waals surface area contributed by atoms with E-state index in [1.807, 2.05) is 0 Å². The van der Waals surface area contributed by atoms with Gasteiger partial charge in [0, 0.05) is 18.5 Å². The standard InChI is InChI=1S/C14H18N2O2/c1-16-6-5-12(9-16)10-18-13-4-3-11(8-15)7-14(13)17-2/h3-4,7,12H,5-6,9-10H2,1-2H3. The van der Waals surface area contributed by atoms with E-state index in [9.17, 15) is 0 Å². The van der Waals surface area contributed by atoms with Gasteiger partial charge >= 0.3 is 0 Å². The van der Waals surface area contributed by atoms with E-state index in [0.29, 0.717) is 29.6 Å². The van der Waals surface area contributed by atoms with E-state index < -0.39 is 0 Å². The zero-order valence-electron chi connectivity index (χ0n) is 10.8. The van der Waals surface area contributed by atoms with Gasteiger partial charge in [-0.25, -0.2) is 0 Å². The summed E-state index contributed by atoms with van der Waals surface area (Å²) in [6.45, 7) is 2.92. The third kappa shape index (κ3) is 2.93. The second kappa shape index (κ2) is 5.74. The summed E-state index contributed by atoms with van der Waals surface area (Å²) in [7, 11) is 3.72. The number of ether oxygens (including phenoxy) is 2. The van der Waals surface area contributed by atoms with Gasteiger partial charge in [0.1, 0.15) is 0 Å². The maximum atomic E-state index is 8.83. The van der Waals surface area contributed by atoms with Crippen molar-refractivity contribution in [1.82, 2.24) is 4.90 Å². The fourth-order valence-electron chi connectivity index (χ4n) is 2.23. The molecule has 4 heteroatoms. The van der Waals surface area contributed by atoms with E-state index in [1.54, 1.807) is 25.3 Å². The highest BCUT2D eigenvalue weighted by molar-refractivity contribution is 5.46. The summed E-state index contributed by atoms with van der Waals surface area (Å²) in [6.07, 6.45) is 1.18. The lowest BCUT2D eigenvalue weighted by molar-refractivity contribution is 0.238. The number of methoxy groups -OCH3 is 1. The van der Waals surface area contributed by atoms with Crippen LogP contribution >= 0.6 is 0 Å². The smallest absolute Gasteiger partial charge is 0.162 e. The van der Waals surface area contributed by atoms with Crippen molar-refractivity contribution in [2.45, 2.75) is 6.42 Å². The Morgan fingerprint density at radius 1 is 1.44 bits per heavy atom. The van der Waals surface area contributed by atoms with Gasteiger partial charge in [0.2, 0.25) is 0 Å². The molecule has 1 fully saturated rings. The number of hydrogen-bond donors (Lipinski definition) is 0. The Kier molecular flexibility index (Phi) is 4.06. The molecule has 0 saturated carbocycles. The molecule has 1 atom stereocenters. The van der Waals surface area contributed by atoms with Crippen molar-refractivity contribution in [3.8, 4) is 17.6 Å². The highest BCUT2D eigenvalue weighted by Crippen LogP contribution is 2.28. The molecule has 0 aliphatic carbocycles. The summed E-state index contributed by atoms with van der Waals surface area (Å²) in [6, 6.07) is 7.34. The molecule has 1 aromatic rings. The largest absolute Gasteiger partial charge is 0.493 e. The van der Waals surface area contributed by atoms with Crippen molar-refractivity contribution < 1.29 is 9.47 Å². The van der Waals surface area contributed by atoms with Crippen molar-refractivity contribution in [2.75, 3.05) is 33.9 Å². The molecule has 0 radical (unpaired) electrons.